The van der Waals surface area contributed by atoms with Crippen molar-refractivity contribution in [1.82, 2.24) is 15.0 Å². The van der Waals surface area contributed by atoms with E-state index >= 15 is 0 Å². The minimum atomic E-state index is 0.298. The highest BCUT2D eigenvalue weighted by molar-refractivity contribution is 5.22. The second-order valence-electron chi connectivity index (χ2n) is 6.72. The Labute approximate surface area is 119 Å². The van der Waals surface area contributed by atoms with E-state index < -0.39 is 0 Å². The lowest BCUT2D eigenvalue weighted by Crippen LogP contribution is -2.44. The molecule has 0 radical (unpaired) electrons. The lowest BCUT2D eigenvalue weighted by Gasteiger charge is -2.53. The monoisotopic (exact) mass is 274 g/mol. The fraction of sp³-hybridized carbons (Fsp3) is 0.800. The Hall–Kier alpha value is -1.39. The molecule has 4 saturated carbocycles. The molecule has 1 aromatic rings. The van der Waals surface area contributed by atoms with Crippen molar-refractivity contribution in [3.63, 3.8) is 0 Å². The highest BCUT2D eigenvalue weighted by Crippen LogP contribution is 2.59. The average molecular weight is 274 g/mol. The van der Waals surface area contributed by atoms with Crippen molar-refractivity contribution in [3.8, 4) is 6.01 Å². The van der Waals surface area contributed by atoms with E-state index in [-0.39, 0.29) is 0 Å². The van der Waals surface area contributed by atoms with E-state index in [1.807, 2.05) is 6.92 Å². The molecule has 1 heterocycles. The van der Waals surface area contributed by atoms with E-state index in [4.69, 9.17) is 10.5 Å². The van der Waals surface area contributed by atoms with Crippen LogP contribution in [0.1, 0.15) is 50.8 Å². The van der Waals surface area contributed by atoms with Crippen LogP contribution in [0.5, 0.6) is 6.01 Å². The van der Waals surface area contributed by atoms with Crippen LogP contribution in [0.3, 0.4) is 0 Å². The molecule has 0 unspecified atom stereocenters. The minimum Gasteiger partial charge on any atom is -0.464 e. The molecule has 0 spiro atoms. The van der Waals surface area contributed by atoms with Crippen LogP contribution in [0.2, 0.25) is 0 Å². The summed E-state index contributed by atoms with van der Waals surface area (Å²) in [5, 5.41) is 0. The second-order valence-corrected chi connectivity index (χ2v) is 6.72. The van der Waals surface area contributed by atoms with E-state index in [9.17, 15) is 0 Å². The molecule has 5 heteroatoms. The van der Waals surface area contributed by atoms with Gasteiger partial charge in [0, 0.05) is 5.92 Å². The van der Waals surface area contributed by atoms with Crippen molar-refractivity contribution in [2.24, 2.45) is 23.7 Å². The van der Waals surface area contributed by atoms with Crippen LogP contribution < -0.4 is 10.5 Å². The summed E-state index contributed by atoms with van der Waals surface area (Å²) >= 11 is 0. The Morgan fingerprint density at radius 2 is 1.65 bits per heavy atom. The number of ether oxygens (including phenoxy) is 1. The van der Waals surface area contributed by atoms with Gasteiger partial charge in [0.2, 0.25) is 5.95 Å². The SMILES string of the molecule is CCOc1nc(N)nc(C2C3CC4CC(C3)CC2C4)n1. The Balaban J connectivity index is 1.67. The molecule has 20 heavy (non-hydrogen) atoms. The van der Waals surface area contributed by atoms with Gasteiger partial charge in [0.05, 0.1) is 6.61 Å². The lowest BCUT2D eigenvalue weighted by molar-refractivity contribution is -0.00587. The maximum atomic E-state index is 5.84. The minimum absolute atomic E-state index is 0.298. The average Bonchev–Trinajstić information content (AvgIpc) is 2.37. The predicted molar refractivity (Wildman–Crippen MR) is 75.2 cm³/mol. The van der Waals surface area contributed by atoms with Crippen molar-refractivity contribution in [2.45, 2.75) is 44.9 Å². The van der Waals surface area contributed by atoms with Gasteiger partial charge in [-0.05, 0) is 62.7 Å². The van der Waals surface area contributed by atoms with Gasteiger partial charge in [0.15, 0.2) is 0 Å². The van der Waals surface area contributed by atoms with Crippen LogP contribution in [0.25, 0.3) is 0 Å². The van der Waals surface area contributed by atoms with Gasteiger partial charge >= 0.3 is 6.01 Å². The first-order valence-electron chi connectivity index (χ1n) is 7.87. The maximum Gasteiger partial charge on any atom is 0.321 e. The zero-order valence-electron chi connectivity index (χ0n) is 12.0. The van der Waals surface area contributed by atoms with Crippen LogP contribution in [0, 0.1) is 23.7 Å². The summed E-state index contributed by atoms with van der Waals surface area (Å²) in [6.45, 7) is 2.49. The number of hydrogen-bond acceptors (Lipinski definition) is 5. The Bertz CT molecular complexity index is 491. The van der Waals surface area contributed by atoms with Crippen LogP contribution in [0.15, 0.2) is 0 Å². The third-order valence-electron chi connectivity index (χ3n) is 5.45. The molecule has 5 nitrogen and oxygen atoms in total. The van der Waals surface area contributed by atoms with E-state index in [0.717, 1.165) is 29.5 Å². The highest BCUT2D eigenvalue weighted by Gasteiger charge is 2.49. The van der Waals surface area contributed by atoms with Gasteiger partial charge in [-0.15, -0.1) is 0 Å². The number of rotatable bonds is 3. The van der Waals surface area contributed by atoms with Gasteiger partial charge in [-0.2, -0.15) is 15.0 Å². The molecule has 4 aliphatic rings. The number of nitrogens with zero attached hydrogens (tertiary/aromatic N) is 3. The molecule has 0 atom stereocenters. The molecule has 1 aromatic heterocycles. The Morgan fingerprint density at radius 3 is 2.25 bits per heavy atom. The van der Waals surface area contributed by atoms with Crippen molar-refractivity contribution in [2.75, 3.05) is 12.3 Å². The summed E-state index contributed by atoms with van der Waals surface area (Å²) in [6, 6.07) is 0.392. The molecular weight excluding hydrogens is 252 g/mol. The van der Waals surface area contributed by atoms with Crippen LogP contribution >= 0.6 is 0 Å². The Morgan fingerprint density at radius 1 is 1.00 bits per heavy atom. The van der Waals surface area contributed by atoms with Crippen molar-refractivity contribution < 1.29 is 4.74 Å². The standard InChI is InChI=1S/C15H22N4O/c1-2-20-15-18-13(17-14(16)19-15)12-10-4-8-3-9(6-10)7-11(12)5-8/h8-12H,2-7H2,1H3,(H2,16,17,18,19). The molecular formula is C15H22N4O. The van der Waals surface area contributed by atoms with Gasteiger partial charge in [-0.25, -0.2) is 0 Å². The van der Waals surface area contributed by atoms with Crippen molar-refractivity contribution >= 4 is 5.95 Å². The largest absolute Gasteiger partial charge is 0.464 e. The molecule has 108 valence electrons. The summed E-state index contributed by atoms with van der Waals surface area (Å²) < 4.78 is 5.43. The van der Waals surface area contributed by atoms with E-state index in [1.54, 1.807) is 0 Å². The quantitative estimate of drug-likeness (QED) is 0.916. The van der Waals surface area contributed by atoms with E-state index in [2.05, 4.69) is 15.0 Å². The van der Waals surface area contributed by atoms with E-state index in [0.29, 0.717) is 24.5 Å². The van der Waals surface area contributed by atoms with Gasteiger partial charge in [0.25, 0.3) is 0 Å². The summed E-state index contributed by atoms with van der Waals surface area (Å²) in [6.07, 6.45) is 6.88. The summed E-state index contributed by atoms with van der Waals surface area (Å²) in [4.78, 5) is 13.1. The fourth-order valence-electron chi connectivity index (χ4n) is 5.08. The predicted octanol–water partition coefficient (Wildman–Crippen LogP) is 2.39. The van der Waals surface area contributed by atoms with Crippen molar-refractivity contribution in [3.05, 3.63) is 5.82 Å². The lowest BCUT2D eigenvalue weighted by atomic mass is 9.51. The number of anilines is 1. The van der Waals surface area contributed by atoms with Gasteiger partial charge in [-0.3, -0.25) is 0 Å². The number of hydrogen-bond donors (Lipinski definition) is 1. The topological polar surface area (TPSA) is 73.9 Å². The van der Waals surface area contributed by atoms with Gasteiger partial charge in [0.1, 0.15) is 5.82 Å². The summed E-state index contributed by atoms with van der Waals surface area (Å²) in [5.74, 6) is 5.08. The molecule has 0 aliphatic heterocycles. The first kappa shape index (κ1) is 12.4. The van der Waals surface area contributed by atoms with Gasteiger partial charge < -0.3 is 10.5 Å². The van der Waals surface area contributed by atoms with E-state index in [1.165, 1.54) is 32.1 Å². The van der Waals surface area contributed by atoms with Crippen LogP contribution in [0.4, 0.5) is 5.95 Å². The molecule has 2 N–H and O–H groups in total. The molecule has 0 aromatic carbocycles. The fourth-order valence-corrected chi connectivity index (χ4v) is 5.08. The first-order chi connectivity index (χ1) is 9.72. The number of nitrogens with two attached hydrogens (primary N) is 1. The molecule has 4 fully saturated rings. The highest BCUT2D eigenvalue weighted by atomic mass is 16.5. The third-order valence-corrected chi connectivity index (χ3v) is 5.45. The van der Waals surface area contributed by atoms with Gasteiger partial charge in [-0.1, -0.05) is 0 Å². The molecule has 0 saturated heterocycles. The zero-order valence-corrected chi connectivity index (χ0v) is 12.0. The zero-order chi connectivity index (χ0) is 13.7. The smallest absolute Gasteiger partial charge is 0.321 e. The molecule has 4 aliphatic carbocycles. The summed E-state index contributed by atoms with van der Waals surface area (Å²) in [7, 11) is 0. The number of nitrogen functional groups attached to an aromatic ring is 1. The maximum absolute atomic E-state index is 5.84. The third kappa shape index (κ3) is 1.95. The molecule has 0 amide bonds. The first-order valence-corrected chi connectivity index (χ1v) is 7.87. The normalized spacial score (nSPS) is 38.1. The van der Waals surface area contributed by atoms with Crippen molar-refractivity contribution in [1.29, 1.82) is 0 Å². The van der Waals surface area contributed by atoms with Crippen LogP contribution in [-0.4, -0.2) is 21.6 Å². The number of aromatic nitrogens is 3. The molecule has 5 rings (SSSR count). The molecule has 4 bridgehead atoms. The second kappa shape index (κ2) is 4.57. The Kier molecular flexibility index (Phi) is 2.82. The summed E-state index contributed by atoms with van der Waals surface area (Å²) in [5.41, 5.74) is 5.84. The van der Waals surface area contributed by atoms with Crippen LogP contribution in [-0.2, 0) is 0 Å².